The molecular weight excluding hydrogens is 146 g/mol. The van der Waals surface area contributed by atoms with Gasteiger partial charge in [0.2, 0.25) is 17.7 Å². The van der Waals surface area contributed by atoms with Gasteiger partial charge in [0.15, 0.2) is 0 Å². The molecule has 0 aromatic carbocycles. The molecule has 0 bridgehead atoms. The summed E-state index contributed by atoms with van der Waals surface area (Å²) in [5, 5.41) is 9.82. The number of carbonyl (C=O) groups excluding carboxylic acids is 1. The van der Waals surface area contributed by atoms with Crippen LogP contribution in [-0.2, 0) is 11.3 Å². The predicted molar refractivity (Wildman–Crippen MR) is 36.6 cm³/mol. The number of hydrogen-bond acceptors (Lipinski definition) is 4. The molecule has 1 N–H and O–H groups in total. The van der Waals surface area contributed by atoms with Crippen molar-refractivity contribution in [2.75, 3.05) is 0 Å². The summed E-state index contributed by atoms with van der Waals surface area (Å²) in [6, 6.07) is 0. The van der Waals surface area contributed by atoms with E-state index in [1.165, 1.54) is 6.92 Å². The second-order valence-corrected chi connectivity index (χ2v) is 2.12. The van der Waals surface area contributed by atoms with E-state index in [2.05, 4.69) is 15.5 Å². The number of rotatable bonds is 2. The quantitative estimate of drug-likeness (QED) is 0.653. The third-order valence-corrected chi connectivity index (χ3v) is 1.06. The smallest absolute Gasteiger partial charge is 0.235 e. The molecule has 1 aromatic heterocycles. The first-order valence-electron chi connectivity index (χ1n) is 3.22. The first-order valence-corrected chi connectivity index (χ1v) is 3.22. The zero-order valence-corrected chi connectivity index (χ0v) is 6.42. The zero-order valence-electron chi connectivity index (χ0n) is 6.42. The molecule has 0 radical (unpaired) electrons. The second kappa shape index (κ2) is 3.14. The van der Waals surface area contributed by atoms with Crippen molar-refractivity contribution < 1.29 is 9.21 Å². The molecule has 11 heavy (non-hydrogen) atoms. The summed E-state index contributed by atoms with van der Waals surface area (Å²) < 4.78 is 5.00. The van der Waals surface area contributed by atoms with Crippen LogP contribution in [0.3, 0.4) is 0 Å². The lowest BCUT2D eigenvalue weighted by molar-refractivity contribution is -0.119. The lowest BCUT2D eigenvalue weighted by Crippen LogP contribution is -2.18. The lowest BCUT2D eigenvalue weighted by atomic mass is 10.6. The summed E-state index contributed by atoms with van der Waals surface area (Å²) >= 11 is 0. The van der Waals surface area contributed by atoms with Gasteiger partial charge in [-0.1, -0.05) is 0 Å². The molecule has 0 unspecified atom stereocenters. The Morgan fingerprint density at radius 2 is 2.36 bits per heavy atom. The summed E-state index contributed by atoms with van der Waals surface area (Å²) in [5.74, 6) is 0.823. The Hall–Kier alpha value is -1.39. The van der Waals surface area contributed by atoms with Gasteiger partial charge in [-0.2, -0.15) is 0 Å². The molecule has 0 saturated heterocycles. The fraction of sp³-hybridized carbons (Fsp3) is 0.500. The van der Waals surface area contributed by atoms with Crippen LogP contribution >= 0.6 is 0 Å². The molecule has 5 nitrogen and oxygen atoms in total. The molecule has 0 aliphatic rings. The molecule has 0 aliphatic carbocycles. The van der Waals surface area contributed by atoms with Crippen LogP contribution in [-0.4, -0.2) is 16.1 Å². The molecule has 1 amide bonds. The molecule has 0 fully saturated rings. The largest absolute Gasteiger partial charge is 0.424 e. The van der Waals surface area contributed by atoms with E-state index in [0.717, 1.165) is 0 Å². The third kappa shape index (κ3) is 2.37. The van der Waals surface area contributed by atoms with E-state index in [0.29, 0.717) is 18.3 Å². The van der Waals surface area contributed by atoms with Crippen molar-refractivity contribution in [1.82, 2.24) is 15.5 Å². The minimum atomic E-state index is -0.110. The lowest BCUT2D eigenvalue weighted by Gasteiger charge is -1.93. The Bertz CT molecular complexity index is 256. The van der Waals surface area contributed by atoms with Crippen LogP contribution < -0.4 is 5.32 Å². The number of nitrogens with one attached hydrogen (secondary N) is 1. The van der Waals surface area contributed by atoms with Gasteiger partial charge in [0.1, 0.15) is 0 Å². The molecule has 1 aromatic rings. The molecule has 0 aliphatic heterocycles. The van der Waals surface area contributed by atoms with E-state index in [1.54, 1.807) is 6.92 Å². The fourth-order valence-corrected chi connectivity index (χ4v) is 0.609. The summed E-state index contributed by atoms with van der Waals surface area (Å²) in [6.45, 7) is 3.43. The topological polar surface area (TPSA) is 68.0 Å². The number of aryl methyl sites for hydroxylation is 1. The average Bonchev–Trinajstić information content (AvgIpc) is 2.31. The molecular formula is C6H9N3O2. The van der Waals surface area contributed by atoms with Gasteiger partial charge in [0, 0.05) is 13.8 Å². The molecule has 60 valence electrons. The van der Waals surface area contributed by atoms with Crippen LogP contribution in [0, 0.1) is 6.92 Å². The van der Waals surface area contributed by atoms with Crippen LogP contribution in [0.15, 0.2) is 4.42 Å². The second-order valence-electron chi connectivity index (χ2n) is 2.12. The summed E-state index contributed by atoms with van der Waals surface area (Å²) in [4.78, 5) is 10.4. The SMILES string of the molecule is CC(=O)NCc1nnc(C)o1. The maximum absolute atomic E-state index is 10.4. The van der Waals surface area contributed by atoms with Gasteiger partial charge in [-0.05, 0) is 0 Å². The number of aromatic nitrogens is 2. The Labute approximate surface area is 63.8 Å². The van der Waals surface area contributed by atoms with Crippen molar-refractivity contribution in [3.8, 4) is 0 Å². The Morgan fingerprint density at radius 1 is 1.64 bits per heavy atom. The van der Waals surface area contributed by atoms with Gasteiger partial charge in [-0.15, -0.1) is 10.2 Å². The average molecular weight is 155 g/mol. The van der Waals surface area contributed by atoms with Gasteiger partial charge in [-0.25, -0.2) is 0 Å². The molecule has 0 spiro atoms. The van der Waals surface area contributed by atoms with Crippen LogP contribution in [0.1, 0.15) is 18.7 Å². The Kier molecular flexibility index (Phi) is 2.20. The molecule has 0 atom stereocenters. The van der Waals surface area contributed by atoms with Gasteiger partial charge in [-0.3, -0.25) is 4.79 Å². The van der Waals surface area contributed by atoms with E-state index in [4.69, 9.17) is 4.42 Å². The van der Waals surface area contributed by atoms with Crippen molar-refractivity contribution in [3.63, 3.8) is 0 Å². The van der Waals surface area contributed by atoms with E-state index in [-0.39, 0.29) is 5.91 Å². The maximum atomic E-state index is 10.4. The highest BCUT2D eigenvalue weighted by molar-refractivity contribution is 5.72. The van der Waals surface area contributed by atoms with E-state index >= 15 is 0 Å². The highest BCUT2D eigenvalue weighted by atomic mass is 16.4. The van der Waals surface area contributed by atoms with Gasteiger partial charge in [0.05, 0.1) is 6.54 Å². The first-order chi connectivity index (χ1) is 5.18. The highest BCUT2D eigenvalue weighted by Gasteiger charge is 2.01. The first kappa shape index (κ1) is 7.71. The number of carbonyl (C=O) groups is 1. The van der Waals surface area contributed by atoms with Crippen LogP contribution in [0.4, 0.5) is 0 Å². The van der Waals surface area contributed by atoms with Crippen LogP contribution in [0.2, 0.25) is 0 Å². The van der Waals surface area contributed by atoms with E-state index in [1.807, 2.05) is 0 Å². The number of nitrogens with zero attached hydrogens (tertiary/aromatic N) is 2. The Morgan fingerprint density at radius 3 is 2.82 bits per heavy atom. The maximum Gasteiger partial charge on any atom is 0.235 e. The van der Waals surface area contributed by atoms with Gasteiger partial charge in [0.25, 0.3) is 0 Å². The summed E-state index contributed by atoms with van der Waals surface area (Å²) in [6.07, 6.45) is 0. The van der Waals surface area contributed by atoms with Crippen molar-refractivity contribution in [3.05, 3.63) is 11.8 Å². The van der Waals surface area contributed by atoms with E-state index in [9.17, 15) is 4.79 Å². The van der Waals surface area contributed by atoms with Gasteiger partial charge >= 0.3 is 0 Å². The number of hydrogen-bond donors (Lipinski definition) is 1. The minimum absolute atomic E-state index is 0.110. The summed E-state index contributed by atoms with van der Waals surface area (Å²) in [5.41, 5.74) is 0. The third-order valence-electron chi connectivity index (χ3n) is 1.06. The van der Waals surface area contributed by atoms with Crippen molar-refractivity contribution in [2.45, 2.75) is 20.4 Å². The standard InChI is InChI=1S/C6H9N3O2/c1-4(10)7-3-6-9-8-5(2)11-6/h3H2,1-2H3,(H,7,10). The number of amides is 1. The van der Waals surface area contributed by atoms with Crippen molar-refractivity contribution in [2.24, 2.45) is 0 Å². The highest BCUT2D eigenvalue weighted by Crippen LogP contribution is 1.95. The van der Waals surface area contributed by atoms with Gasteiger partial charge < -0.3 is 9.73 Å². The monoisotopic (exact) mass is 155 g/mol. The van der Waals surface area contributed by atoms with Crippen LogP contribution in [0.25, 0.3) is 0 Å². The zero-order chi connectivity index (χ0) is 8.27. The molecule has 1 rings (SSSR count). The molecule has 5 heteroatoms. The minimum Gasteiger partial charge on any atom is -0.424 e. The molecule has 1 heterocycles. The Balaban J connectivity index is 2.45. The van der Waals surface area contributed by atoms with Crippen LogP contribution in [0.5, 0.6) is 0 Å². The normalized spacial score (nSPS) is 9.64. The molecule has 0 saturated carbocycles. The van der Waals surface area contributed by atoms with E-state index < -0.39 is 0 Å². The predicted octanol–water partition coefficient (Wildman–Crippen LogP) is 0.0141. The fourth-order valence-electron chi connectivity index (χ4n) is 0.609. The van der Waals surface area contributed by atoms with Crippen molar-refractivity contribution in [1.29, 1.82) is 0 Å². The van der Waals surface area contributed by atoms with Crippen molar-refractivity contribution >= 4 is 5.91 Å². The summed E-state index contributed by atoms with van der Waals surface area (Å²) in [7, 11) is 0.